The molecule has 0 bridgehead atoms. The van der Waals surface area contributed by atoms with Crippen LogP contribution < -0.4 is 5.73 Å². The molecule has 2 rings (SSSR count). The third-order valence-corrected chi connectivity index (χ3v) is 3.94. The van der Waals surface area contributed by atoms with Gasteiger partial charge in [0, 0.05) is 10.9 Å². The topological polar surface area (TPSA) is 48.4 Å². The summed E-state index contributed by atoms with van der Waals surface area (Å²) in [6.45, 7) is 5.38. The summed E-state index contributed by atoms with van der Waals surface area (Å²) in [5.74, 6) is 0.842. The molecule has 0 aliphatic rings. The van der Waals surface area contributed by atoms with Gasteiger partial charge in [-0.2, -0.15) is 0 Å². The average molecular weight is 289 g/mol. The van der Waals surface area contributed by atoms with E-state index in [0.717, 1.165) is 28.7 Å². The second kappa shape index (κ2) is 8.20. The highest BCUT2D eigenvalue weighted by atomic mass is 16.5. The number of hydrogen-bond acceptors (Lipinski definition) is 3. The Balaban J connectivity index is 1.93. The zero-order chi connectivity index (χ0) is 15.1. The van der Waals surface area contributed by atoms with Gasteiger partial charge in [-0.3, -0.25) is 0 Å². The van der Waals surface area contributed by atoms with Gasteiger partial charge in [0.05, 0.1) is 19.3 Å². The van der Waals surface area contributed by atoms with Crippen LogP contribution >= 0.6 is 0 Å². The van der Waals surface area contributed by atoms with Crippen LogP contribution in [0.2, 0.25) is 0 Å². The lowest BCUT2D eigenvalue weighted by Crippen LogP contribution is -2.09. The molecule has 0 radical (unpaired) electrons. The lowest BCUT2D eigenvalue weighted by atomic mass is 10.1. The Morgan fingerprint density at radius 3 is 2.76 bits per heavy atom. The Bertz CT molecular complexity index is 547. The highest BCUT2D eigenvalue weighted by molar-refractivity contribution is 5.82. The van der Waals surface area contributed by atoms with Crippen molar-refractivity contribution in [3.8, 4) is 0 Å². The summed E-state index contributed by atoms with van der Waals surface area (Å²) in [4.78, 5) is 0. The Hall–Kier alpha value is -1.32. The third-order valence-electron chi connectivity index (χ3n) is 3.94. The molecule has 0 aliphatic heterocycles. The van der Waals surface area contributed by atoms with Crippen molar-refractivity contribution in [3.05, 3.63) is 35.6 Å². The van der Waals surface area contributed by atoms with Crippen LogP contribution in [0.5, 0.6) is 0 Å². The van der Waals surface area contributed by atoms with E-state index in [-0.39, 0.29) is 6.10 Å². The zero-order valence-electron chi connectivity index (χ0n) is 13.2. The van der Waals surface area contributed by atoms with Crippen LogP contribution in [0.1, 0.15) is 57.3 Å². The molecule has 3 heteroatoms. The molecule has 1 aromatic carbocycles. The van der Waals surface area contributed by atoms with E-state index in [1.54, 1.807) is 0 Å². The highest BCUT2D eigenvalue weighted by Gasteiger charge is 2.14. The molecule has 0 aliphatic carbocycles. The SMILES string of the molecule is CCCCCCC(C)OCc1c(CN)oc2ccccc12. The van der Waals surface area contributed by atoms with E-state index < -0.39 is 0 Å². The first-order valence-corrected chi connectivity index (χ1v) is 8.07. The second-order valence-electron chi connectivity index (χ2n) is 5.68. The number of ether oxygens (including phenoxy) is 1. The van der Waals surface area contributed by atoms with Crippen LogP contribution in [0, 0.1) is 0 Å². The summed E-state index contributed by atoms with van der Waals surface area (Å²) in [6.07, 6.45) is 6.53. The molecule has 116 valence electrons. The summed E-state index contributed by atoms with van der Waals surface area (Å²) in [6, 6.07) is 8.05. The average Bonchev–Trinajstić information content (AvgIpc) is 2.87. The van der Waals surface area contributed by atoms with E-state index in [4.69, 9.17) is 14.9 Å². The Morgan fingerprint density at radius 2 is 2.00 bits per heavy atom. The van der Waals surface area contributed by atoms with Crippen molar-refractivity contribution < 1.29 is 9.15 Å². The van der Waals surface area contributed by atoms with Crippen LogP contribution in [0.15, 0.2) is 28.7 Å². The van der Waals surface area contributed by atoms with Crippen LogP contribution in [-0.2, 0) is 17.9 Å². The van der Waals surface area contributed by atoms with E-state index in [2.05, 4.69) is 19.9 Å². The molecule has 0 saturated heterocycles. The van der Waals surface area contributed by atoms with Gasteiger partial charge in [-0.15, -0.1) is 0 Å². The standard InChI is InChI=1S/C18H27NO2/c1-3-4-5-6-9-14(2)20-13-16-15-10-7-8-11-17(15)21-18(16)12-19/h7-8,10-11,14H,3-6,9,12-13,19H2,1-2H3. The van der Waals surface area contributed by atoms with Gasteiger partial charge >= 0.3 is 0 Å². The third kappa shape index (κ3) is 4.32. The maximum absolute atomic E-state index is 6.00. The van der Waals surface area contributed by atoms with Crippen LogP contribution in [0.4, 0.5) is 0 Å². The van der Waals surface area contributed by atoms with Gasteiger partial charge in [0.2, 0.25) is 0 Å². The number of unbranched alkanes of at least 4 members (excludes halogenated alkanes) is 3. The first kappa shape index (κ1) is 16.1. The smallest absolute Gasteiger partial charge is 0.134 e. The molecular weight excluding hydrogens is 262 g/mol. The van der Waals surface area contributed by atoms with E-state index in [1.807, 2.05) is 18.2 Å². The number of rotatable bonds is 9. The predicted octanol–water partition coefficient (Wildman–Crippen LogP) is 4.77. The van der Waals surface area contributed by atoms with E-state index in [1.165, 1.54) is 25.7 Å². The molecule has 2 aromatic rings. The lowest BCUT2D eigenvalue weighted by molar-refractivity contribution is 0.0456. The molecule has 1 aromatic heterocycles. The van der Waals surface area contributed by atoms with E-state index in [0.29, 0.717) is 13.2 Å². The van der Waals surface area contributed by atoms with Crippen molar-refractivity contribution in [2.24, 2.45) is 5.73 Å². The molecule has 0 amide bonds. The van der Waals surface area contributed by atoms with Crippen LogP contribution in [-0.4, -0.2) is 6.10 Å². The molecule has 1 heterocycles. The lowest BCUT2D eigenvalue weighted by Gasteiger charge is -2.13. The van der Waals surface area contributed by atoms with Gasteiger partial charge < -0.3 is 14.9 Å². The van der Waals surface area contributed by atoms with E-state index >= 15 is 0 Å². The van der Waals surface area contributed by atoms with Gasteiger partial charge in [0.1, 0.15) is 11.3 Å². The summed E-state index contributed by atoms with van der Waals surface area (Å²) in [5, 5.41) is 1.12. The largest absolute Gasteiger partial charge is 0.459 e. The van der Waals surface area contributed by atoms with Crippen molar-refractivity contribution in [1.29, 1.82) is 0 Å². The Morgan fingerprint density at radius 1 is 1.19 bits per heavy atom. The molecule has 21 heavy (non-hydrogen) atoms. The van der Waals surface area contributed by atoms with Crippen molar-refractivity contribution in [2.75, 3.05) is 0 Å². The molecule has 1 unspecified atom stereocenters. The molecule has 0 spiro atoms. The molecule has 0 saturated carbocycles. The van der Waals surface area contributed by atoms with Crippen molar-refractivity contribution in [1.82, 2.24) is 0 Å². The fraction of sp³-hybridized carbons (Fsp3) is 0.556. The Kier molecular flexibility index (Phi) is 6.27. The fourth-order valence-corrected chi connectivity index (χ4v) is 2.64. The minimum atomic E-state index is 0.279. The monoisotopic (exact) mass is 289 g/mol. The minimum Gasteiger partial charge on any atom is -0.459 e. The maximum atomic E-state index is 6.00. The van der Waals surface area contributed by atoms with Crippen LogP contribution in [0.3, 0.4) is 0 Å². The molecular formula is C18H27NO2. The summed E-state index contributed by atoms with van der Waals surface area (Å²) < 4.78 is 11.8. The van der Waals surface area contributed by atoms with Crippen molar-refractivity contribution in [2.45, 2.75) is 65.2 Å². The summed E-state index contributed by atoms with van der Waals surface area (Å²) in [7, 11) is 0. The minimum absolute atomic E-state index is 0.279. The number of hydrogen-bond donors (Lipinski definition) is 1. The maximum Gasteiger partial charge on any atom is 0.134 e. The first-order valence-electron chi connectivity index (χ1n) is 8.07. The van der Waals surface area contributed by atoms with Crippen molar-refractivity contribution in [3.63, 3.8) is 0 Å². The zero-order valence-corrected chi connectivity index (χ0v) is 13.2. The normalized spacial score (nSPS) is 12.9. The van der Waals surface area contributed by atoms with Crippen molar-refractivity contribution >= 4 is 11.0 Å². The number of furan rings is 1. The van der Waals surface area contributed by atoms with E-state index in [9.17, 15) is 0 Å². The second-order valence-corrected chi connectivity index (χ2v) is 5.68. The number of fused-ring (bicyclic) bond motifs is 1. The quantitative estimate of drug-likeness (QED) is 0.677. The van der Waals surface area contributed by atoms with Gasteiger partial charge in [0.25, 0.3) is 0 Å². The summed E-state index contributed by atoms with van der Waals surface area (Å²) in [5.41, 5.74) is 7.79. The number of nitrogens with two attached hydrogens (primary N) is 1. The van der Waals surface area contributed by atoms with Gasteiger partial charge in [0.15, 0.2) is 0 Å². The molecule has 2 N–H and O–H groups in total. The van der Waals surface area contributed by atoms with Gasteiger partial charge in [-0.1, -0.05) is 50.8 Å². The fourth-order valence-electron chi connectivity index (χ4n) is 2.64. The van der Waals surface area contributed by atoms with Gasteiger partial charge in [-0.25, -0.2) is 0 Å². The highest BCUT2D eigenvalue weighted by Crippen LogP contribution is 2.26. The number of para-hydroxylation sites is 1. The summed E-state index contributed by atoms with van der Waals surface area (Å²) >= 11 is 0. The molecule has 3 nitrogen and oxygen atoms in total. The first-order chi connectivity index (χ1) is 10.3. The molecule has 1 atom stereocenters. The number of benzene rings is 1. The molecule has 0 fully saturated rings. The Labute approximate surface area is 127 Å². The van der Waals surface area contributed by atoms with Crippen LogP contribution in [0.25, 0.3) is 11.0 Å². The van der Waals surface area contributed by atoms with Gasteiger partial charge in [-0.05, 0) is 19.4 Å². The predicted molar refractivity (Wildman–Crippen MR) is 87.1 cm³/mol.